The minimum absolute atomic E-state index is 0.111. The molecule has 1 amide bonds. The number of ether oxygens (including phenoxy) is 1. The first-order chi connectivity index (χ1) is 10.1. The number of esters is 1. The van der Waals surface area contributed by atoms with Crippen molar-refractivity contribution in [1.82, 2.24) is 10.3 Å². The van der Waals surface area contributed by atoms with Gasteiger partial charge < -0.3 is 15.8 Å². The molecule has 0 saturated heterocycles. The lowest BCUT2D eigenvalue weighted by molar-refractivity contribution is -0.124. The predicted octanol–water partition coefficient (Wildman–Crippen LogP) is 1.14. The van der Waals surface area contributed by atoms with E-state index >= 15 is 0 Å². The second-order valence-electron chi connectivity index (χ2n) is 4.32. The van der Waals surface area contributed by atoms with Crippen LogP contribution in [0.25, 0.3) is 0 Å². The monoisotopic (exact) mass is 285 g/mol. The molecule has 0 aliphatic rings. The molecule has 0 aliphatic heterocycles. The van der Waals surface area contributed by atoms with E-state index in [4.69, 9.17) is 10.5 Å². The van der Waals surface area contributed by atoms with E-state index in [2.05, 4.69) is 10.3 Å². The van der Waals surface area contributed by atoms with Crippen LogP contribution in [0.1, 0.15) is 16.1 Å². The highest BCUT2D eigenvalue weighted by Gasteiger charge is 2.11. The van der Waals surface area contributed by atoms with Gasteiger partial charge in [0.05, 0.1) is 11.9 Å². The number of nitrogens with one attached hydrogen (secondary N) is 1. The van der Waals surface area contributed by atoms with Gasteiger partial charge >= 0.3 is 5.97 Å². The van der Waals surface area contributed by atoms with Crippen LogP contribution in [0, 0.1) is 0 Å². The van der Waals surface area contributed by atoms with Gasteiger partial charge in [-0.3, -0.25) is 4.79 Å². The number of nitrogens with two attached hydrogens (primary N) is 1. The Labute approximate surface area is 121 Å². The second kappa shape index (κ2) is 7.04. The molecule has 0 unspecified atom stereocenters. The molecule has 0 atom stereocenters. The van der Waals surface area contributed by atoms with Crippen molar-refractivity contribution in [1.29, 1.82) is 0 Å². The third-order valence-electron chi connectivity index (χ3n) is 2.66. The van der Waals surface area contributed by atoms with Crippen molar-refractivity contribution in [2.75, 3.05) is 12.3 Å². The summed E-state index contributed by atoms with van der Waals surface area (Å²) in [5.41, 5.74) is 7.00. The average Bonchev–Trinajstić information content (AvgIpc) is 2.52. The highest BCUT2D eigenvalue weighted by molar-refractivity contribution is 5.89. The molecular weight excluding hydrogens is 270 g/mol. The molecule has 3 N–H and O–H groups in total. The summed E-state index contributed by atoms with van der Waals surface area (Å²) in [6, 6.07) is 12.4. The number of anilines is 1. The summed E-state index contributed by atoms with van der Waals surface area (Å²) >= 11 is 0. The maximum atomic E-state index is 11.6. The number of nitrogen functional groups attached to an aromatic ring is 1. The van der Waals surface area contributed by atoms with E-state index in [0.717, 1.165) is 5.56 Å². The SMILES string of the molecule is Nc1ccc(C(=O)OCC(=O)NCc2ccccc2)nc1. The Morgan fingerprint density at radius 3 is 2.57 bits per heavy atom. The van der Waals surface area contributed by atoms with Gasteiger partial charge in [0.1, 0.15) is 5.69 Å². The quantitative estimate of drug-likeness (QED) is 0.803. The van der Waals surface area contributed by atoms with E-state index in [0.29, 0.717) is 12.2 Å². The normalized spacial score (nSPS) is 9.90. The molecule has 1 heterocycles. The maximum Gasteiger partial charge on any atom is 0.357 e. The van der Waals surface area contributed by atoms with E-state index in [1.165, 1.54) is 12.3 Å². The van der Waals surface area contributed by atoms with Gasteiger partial charge in [0.2, 0.25) is 0 Å². The van der Waals surface area contributed by atoms with Gasteiger partial charge in [0, 0.05) is 6.54 Å². The maximum absolute atomic E-state index is 11.6. The molecule has 108 valence electrons. The predicted molar refractivity (Wildman–Crippen MR) is 77.2 cm³/mol. The molecule has 0 aliphatic carbocycles. The first-order valence-electron chi connectivity index (χ1n) is 6.34. The Morgan fingerprint density at radius 1 is 1.14 bits per heavy atom. The third kappa shape index (κ3) is 4.61. The zero-order chi connectivity index (χ0) is 15.1. The fourth-order valence-corrected chi connectivity index (χ4v) is 1.58. The Hall–Kier alpha value is -2.89. The summed E-state index contributed by atoms with van der Waals surface area (Å²) in [5.74, 6) is -1.03. The minimum atomic E-state index is -0.662. The van der Waals surface area contributed by atoms with Crippen LogP contribution in [0.4, 0.5) is 5.69 Å². The Bertz CT molecular complexity index is 612. The zero-order valence-electron chi connectivity index (χ0n) is 11.3. The Morgan fingerprint density at radius 2 is 1.90 bits per heavy atom. The van der Waals surface area contributed by atoms with Gasteiger partial charge in [-0.2, -0.15) is 0 Å². The number of amides is 1. The van der Waals surface area contributed by atoms with Crippen LogP contribution >= 0.6 is 0 Å². The first-order valence-corrected chi connectivity index (χ1v) is 6.34. The number of hydrogen-bond donors (Lipinski definition) is 2. The second-order valence-corrected chi connectivity index (χ2v) is 4.32. The fourth-order valence-electron chi connectivity index (χ4n) is 1.58. The molecule has 6 nitrogen and oxygen atoms in total. The number of pyridine rings is 1. The van der Waals surface area contributed by atoms with E-state index < -0.39 is 5.97 Å². The smallest absolute Gasteiger partial charge is 0.357 e. The summed E-state index contributed by atoms with van der Waals surface area (Å²) < 4.78 is 4.86. The van der Waals surface area contributed by atoms with E-state index in [1.807, 2.05) is 30.3 Å². The van der Waals surface area contributed by atoms with E-state index in [9.17, 15) is 9.59 Å². The summed E-state index contributed by atoms with van der Waals surface area (Å²) in [6.45, 7) is 0.0368. The van der Waals surface area contributed by atoms with E-state index in [-0.39, 0.29) is 18.2 Å². The molecule has 0 radical (unpaired) electrons. The number of carbonyl (C=O) groups excluding carboxylic acids is 2. The molecule has 6 heteroatoms. The van der Waals surface area contributed by atoms with E-state index in [1.54, 1.807) is 6.07 Å². The minimum Gasteiger partial charge on any atom is -0.451 e. The third-order valence-corrected chi connectivity index (χ3v) is 2.66. The molecule has 0 saturated carbocycles. The van der Waals surface area contributed by atoms with Gasteiger partial charge in [-0.1, -0.05) is 30.3 Å². The lowest BCUT2D eigenvalue weighted by Crippen LogP contribution is -2.28. The van der Waals surface area contributed by atoms with Crippen LogP contribution in [-0.2, 0) is 16.1 Å². The van der Waals surface area contributed by atoms with Crippen LogP contribution in [-0.4, -0.2) is 23.5 Å². The molecule has 2 rings (SSSR count). The molecular formula is C15H15N3O3. The van der Waals surface area contributed by atoms with Crippen molar-refractivity contribution in [2.24, 2.45) is 0 Å². The molecule has 1 aromatic carbocycles. The van der Waals surface area contributed by atoms with Crippen LogP contribution in [0.3, 0.4) is 0 Å². The molecule has 0 spiro atoms. The molecule has 0 bridgehead atoms. The van der Waals surface area contributed by atoms with Crippen LogP contribution < -0.4 is 11.1 Å². The standard InChI is InChI=1S/C15H15N3O3/c16-12-6-7-13(17-9-12)15(20)21-10-14(19)18-8-11-4-2-1-3-5-11/h1-7,9H,8,10,16H2,(H,18,19). The van der Waals surface area contributed by atoms with Crippen molar-refractivity contribution >= 4 is 17.6 Å². The highest BCUT2D eigenvalue weighted by Crippen LogP contribution is 2.02. The topological polar surface area (TPSA) is 94.3 Å². The van der Waals surface area contributed by atoms with Crippen molar-refractivity contribution in [3.63, 3.8) is 0 Å². The number of benzene rings is 1. The van der Waals surface area contributed by atoms with Crippen LogP contribution in [0.2, 0.25) is 0 Å². The number of carbonyl (C=O) groups is 2. The van der Waals surface area contributed by atoms with Crippen molar-refractivity contribution < 1.29 is 14.3 Å². The summed E-state index contributed by atoms with van der Waals surface area (Å²) in [4.78, 5) is 27.0. The molecule has 0 fully saturated rings. The zero-order valence-corrected chi connectivity index (χ0v) is 11.3. The number of aromatic nitrogens is 1. The van der Waals surface area contributed by atoms with Gasteiger partial charge in [-0.25, -0.2) is 9.78 Å². The summed E-state index contributed by atoms with van der Waals surface area (Å²) in [7, 11) is 0. The highest BCUT2D eigenvalue weighted by atomic mass is 16.5. The fraction of sp³-hybridized carbons (Fsp3) is 0.133. The number of hydrogen-bond acceptors (Lipinski definition) is 5. The Balaban J connectivity index is 1.76. The number of rotatable bonds is 5. The largest absolute Gasteiger partial charge is 0.451 e. The number of nitrogens with zero attached hydrogens (tertiary/aromatic N) is 1. The lowest BCUT2D eigenvalue weighted by Gasteiger charge is -2.06. The van der Waals surface area contributed by atoms with Gasteiger partial charge in [0.15, 0.2) is 6.61 Å². The molecule has 2 aromatic rings. The average molecular weight is 285 g/mol. The molecule has 1 aromatic heterocycles. The summed E-state index contributed by atoms with van der Waals surface area (Å²) in [5, 5.41) is 2.66. The van der Waals surface area contributed by atoms with Crippen molar-refractivity contribution in [3.8, 4) is 0 Å². The lowest BCUT2D eigenvalue weighted by atomic mass is 10.2. The summed E-state index contributed by atoms with van der Waals surface area (Å²) in [6.07, 6.45) is 1.35. The van der Waals surface area contributed by atoms with Crippen molar-refractivity contribution in [2.45, 2.75) is 6.54 Å². The molecule has 21 heavy (non-hydrogen) atoms. The van der Waals surface area contributed by atoms with Crippen LogP contribution in [0.15, 0.2) is 48.7 Å². The van der Waals surface area contributed by atoms with Gasteiger partial charge in [-0.15, -0.1) is 0 Å². The van der Waals surface area contributed by atoms with Crippen molar-refractivity contribution in [3.05, 3.63) is 59.9 Å². The van der Waals surface area contributed by atoms with Gasteiger partial charge in [-0.05, 0) is 17.7 Å². The van der Waals surface area contributed by atoms with Crippen LogP contribution in [0.5, 0.6) is 0 Å². The first kappa shape index (κ1) is 14.5. The van der Waals surface area contributed by atoms with Gasteiger partial charge in [0.25, 0.3) is 5.91 Å². The Kier molecular flexibility index (Phi) is 4.87.